The summed E-state index contributed by atoms with van der Waals surface area (Å²) in [5, 5.41) is 0. The highest BCUT2D eigenvalue weighted by molar-refractivity contribution is 7.89. The molecule has 2 atom stereocenters. The summed E-state index contributed by atoms with van der Waals surface area (Å²) >= 11 is 0. The molecular weight excluding hydrogens is 550 g/mol. The van der Waals surface area contributed by atoms with Gasteiger partial charge in [0.2, 0.25) is 15.9 Å². The van der Waals surface area contributed by atoms with E-state index in [0.29, 0.717) is 34.5 Å². The summed E-state index contributed by atoms with van der Waals surface area (Å²) in [4.78, 5) is 17.6. The molecule has 42 heavy (non-hydrogen) atoms. The first-order chi connectivity index (χ1) is 19.9. The molecule has 0 spiro atoms. The Balaban J connectivity index is 1.79. The number of hydrogen-bond acceptors (Lipinski definition) is 6. The van der Waals surface area contributed by atoms with Crippen LogP contribution in [0.1, 0.15) is 84.3 Å². The van der Waals surface area contributed by atoms with Gasteiger partial charge in [-0.2, -0.15) is 4.31 Å². The zero-order valence-electron chi connectivity index (χ0n) is 27.9. The molecule has 1 aliphatic carbocycles. The molecule has 0 bridgehead atoms. The Labute approximate surface area is 257 Å². The minimum atomic E-state index is -3.70. The van der Waals surface area contributed by atoms with Gasteiger partial charge >= 0.3 is 0 Å². The number of amides is 1. The van der Waals surface area contributed by atoms with Crippen LogP contribution in [-0.2, 0) is 26.0 Å². The topological polar surface area (TPSA) is 79.4 Å². The third-order valence-electron chi connectivity index (χ3n) is 9.60. The smallest absolute Gasteiger partial charge is 0.248 e. The fourth-order valence-corrected chi connectivity index (χ4v) is 7.99. The molecular formula is C33H59N3O5S. The number of carbonyl (C=O) groups excluding carboxylic acids is 1. The normalized spacial score (nSPS) is 19.2. The fraction of sp³-hybridized carbons (Fsp3) is 0.788. The van der Waals surface area contributed by atoms with Crippen molar-refractivity contribution < 1.29 is 22.7 Å². The molecule has 242 valence electrons. The van der Waals surface area contributed by atoms with Crippen LogP contribution in [-0.4, -0.2) is 95.1 Å². The minimum Gasteiger partial charge on any atom is -0.497 e. The number of sulfonamides is 1. The largest absolute Gasteiger partial charge is 0.497 e. The van der Waals surface area contributed by atoms with Crippen molar-refractivity contribution in [3.05, 3.63) is 23.3 Å². The summed E-state index contributed by atoms with van der Waals surface area (Å²) in [7, 11) is 1.31. The van der Waals surface area contributed by atoms with E-state index in [1.165, 1.54) is 30.2 Å². The highest BCUT2D eigenvalue weighted by Gasteiger charge is 2.31. The van der Waals surface area contributed by atoms with Gasteiger partial charge in [-0.05, 0) is 113 Å². The van der Waals surface area contributed by atoms with Crippen LogP contribution in [0.2, 0.25) is 0 Å². The third-order valence-corrected chi connectivity index (χ3v) is 11.7. The maximum absolute atomic E-state index is 13.4. The van der Waals surface area contributed by atoms with Crippen molar-refractivity contribution >= 4 is 15.9 Å². The van der Waals surface area contributed by atoms with Crippen LogP contribution < -0.4 is 4.74 Å². The van der Waals surface area contributed by atoms with E-state index in [2.05, 4.69) is 32.6 Å². The van der Waals surface area contributed by atoms with E-state index >= 15 is 0 Å². The van der Waals surface area contributed by atoms with Crippen LogP contribution in [0.5, 0.6) is 5.75 Å². The molecule has 1 aliphatic rings. The molecule has 1 amide bonds. The van der Waals surface area contributed by atoms with Gasteiger partial charge in [0.25, 0.3) is 0 Å². The van der Waals surface area contributed by atoms with Gasteiger partial charge in [-0.15, -0.1) is 0 Å². The van der Waals surface area contributed by atoms with Crippen molar-refractivity contribution in [2.45, 2.75) is 97.4 Å². The lowest BCUT2D eigenvalue weighted by molar-refractivity contribution is -0.137. The molecule has 8 nitrogen and oxygen atoms in total. The SMILES string of the molecule is CCCN(CC)CCC(C)C(C)C1CCC(N(C)C(=O)COCCN(C)S(=O)(=O)c2c(C)cc(OC)cc2CC)CC1. The van der Waals surface area contributed by atoms with E-state index in [9.17, 15) is 13.2 Å². The zero-order valence-corrected chi connectivity index (χ0v) is 28.8. The molecule has 0 heterocycles. The van der Waals surface area contributed by atoms with Crippen molar-refractivity contribution in [3.63, 3.8) is 0 Å². The van der Waals surface area contributed by atoms with E-state index in [1.807, 2.05) is 18.9 Å². The second-order valence-electron chi connectivity index (χ2n) is 12.3. The number of likely N-dealkylation sites (N-methyl/N-ethyl adjacent to an activating group) is 2. The molecule has 9 heteroatoms. The van der Waals surface area contributed by atoms with Crippen LogP contribution in [0.15, 0.2) is 17.0 Å². The average Bonchev–Trinajstić information content (AvgIpc) is 2.99. The fourth-order valence-electron chi connectivity index (χ4n) is 6.37. The van der Waals surface area contributed by atoms with Gasteiger partial charge in [-0.3, -0.25) is 4.79 Å². The molecule has 2 rings (SSSR count). The number of nitrogens with zero attached hydrogens (tertiary/aromatic N) is 3. The molecule has 0 aromatic heterocycles. The Kier molecular flexibility index (Phi) is 15.3. The van der Waals surface area contributed by atoms with Gasteiger partial charge in [0, 0.05) is 26.7 Å². The highest BCUT2D eigenvalue weighted by Crippen LogP contribution is 2.36. The molecule has 1 aromatic rings. The van der Waals surface area contributed by atoms with E-state index < -0.39 is 10.0 Å². The number of methoxy groups -OCH3 is 1. The number of benzene rings is 1. The zero-order chi connectivity index (χ0) is 31.4. The van der Waals surface area contributed by atoms with Crippen LogP contribution in [0, 0.1) is 24.7 Å². The van der Waals surface area contributed by atoms with Crippen LogP contribution in [0.3, 0.4) is 0 Å². The molecule has 0 aliphatic heterocycles. The Morgan fingerprint density at radius 3 is 2.26 bits per heavy atom. The summed E-state index contributed by atoms with van der Waals surface area (Å²) in [6.45, 7) is 16.8. The number of carbonyl (C=O) groups is 1. The highest BCUT2D eigenvalue weighted by atomic mass is 32.2. The number of rotatable bonds is 18. The second-order valence-corrected chi connectivity index (χ2v) is 14.3. The summed E-state index contributed by atoms with van der Waals surface area (Å²) in [5.74, 6) is 2.72. The number of ether oxygens (including phenoxy) is 2. The lowest BCUT2D eigenvalue weighted by Crippen LogP contribution is -2.42. The Morgan fingerprint density at radius 2 is 1.69 bits per heavy atom. The predicted octanol–water partition coefficient (Wildman–Crippen LogP) is 5.61. The van der Waals surface area contributed by atoms with Gasteiger partial charge in [-0.25, -0.2) is 8.42 Å². The minimum absolute atomic E-state index is 0.0365. The van der Waals surface area contributed by atoms with Gasteiger partial charge in [-0.1, -0.05) is 34.6 Å². The maximum Gasteiger partial charge on any atom is 0.248 e. The lowest BCUT2D eigenvalue weighted by atomic mass is 9.73. The van der Waals surface area contributed by atoms with Crippen molar-refractivity contribution in [2.75, 3.05) is 60.6 Å². The number of hydrogen-bond donors (Lipinski definition) is 0. The Bertz CT molecular complexity index is 1070. The van der Waals surface area contributed by atoms with Crippen molar-refractivity contribution in [3.8, 4) is 5.75 Å². The molecule has 1 fully saturated rings. The average molecular weight is 610 g/mol. The Morgan fingerprint density at radius 1 is 1.02 bits per heavy atom. The monoisotopic (exact) mass is 609 g/mol. The predicted molar refractivity (Wildman–Crippen MR) is 172 cm³/mol. The van der Waals surface area contributed by atoms with E-state index in [1.54, 1.807) is 33.2 Å². The first-order valence-electron chi connectivity index (χ1n) is 16.1. The first kappa shape index (κ1) is 36.5. The van der Waals surface area contributed by atoms with Crippen LogP contribution >= 0.6 is 0 Å². The maximum atomic E-state index is 13.4. The van der Waals surface area contributed by atoms with Gasteiger partial charge in [0.15, 0.2) is 0 Å². The van der Waals surface area contributed by atoms with E-state index in [-0.39, 0.29) is 31.7 Å². The van der Waals surface area contributed by atoms with Crippen molar-refractivity contribution in [1.29, 1.82) is 0 Å². The van der Waals surface area contributed by atoms with Crippen LogP contribution in [0.4, 0.5) is 0 Å². The van der Waals surface area contributed by atoms with E-state index in [4.69, 9.17) is 9.47 Å². The summed E-state index contributed by atoms with van der Waals surface area (Å²) in [5.41, 5.74) is 1.38. The summed E-state index contributed by atoms with van der Waals surface area (Å²) < 4.78 is 39.0. The summed E-state index contributed by atoms with van der Waals surface area (Å²) in [6, 6.07) is 3.77. The van der Waals surface area contributed by atoms with Crippen molar-refractivity contribution in [2.24, 2.45) is 17.8 Å². The first-order valence-corrected chi connectivity index (χ1v) is 17.5. The van der Waals surface area contributed by atoms with E-state index in [0.717, 1.165) is 43.7 Å². The summed E-state index contributed by atoms with van der Waals surface area (Å²) in [6.07, 6.45) is 7.42. The van der Waals surface area contributed by atoms with Crippen molar-refractivity contribution in [1.82, 2.24) is 14.1 Å². The molecule has 0 saturated heterocycles. The molecule has 0 N–H and O–H groups in total. The van der Waals surface area contributed by atoms with Gasteiger partial charge < -0.3 is 19.3 Å². The molecule has 2 unspecified atom stereocenters. The quantitative estimate of drug-likeness (QED) is 0.201. The molecule has 1 saturated carbocycles. The third kappa shape index (κ3) is 9.93. The van der Waals surface area contributed by atoms with Gasteiger partial charge in [0.1, 0.15) is 12.4 Å². The van der Waals surface area contributed by atoms with Gasteiger partial charge in [0.05, 0.1) is 18.6 Å². The second kappa shape index (κ2) is 17.6. The Hall–Kier alpha value is -1.68. The standard InChI is InChI=1S/C33H59N3O5S/c1-10-18-36(12-3)19-17-25(4)27(6)29-13-15-30(16-14-29)35(8)32(37)24-41-21-20-34(7)42(38,39)33-26(5)22-31(40-9)23-28(33)11-2/h22-23,25,27,29-30H,10-21,24H2,1-9H3. The van der Waals surface area contributed by atoms with Crippen LogP contribution in [0.25, 0.3) is 0 Å². The molecule has 0 radical (unpaired) electrons. The lowest BCUT2D eigenvalue weighted by Gasteiger charge is -2.38. The number of aryl methyl sites for hydroxylation is 2. The molecule has 1 aromatic carbocycles.